The first-order valence-corrected chi connectivity index (χ1v) is 4.90. The number of aliphatic hydroxyl groups excluding tert-OH is 6. The van der Waals surface area contributed by atoms with Crippen molar-refractivity contribution >= 4 is 0 Å². The number of hydrogen-bond acceptors (Lipinski definition) is 6. The molecular formula is C11H26O6. The molecule has 0 saturated carbocycles. The Morgan fingerprint density at radius 1 is 0.824 bits per heavy atom. The zero-order valence-electron chi connectivity index (χ0n) is 10.4. The molecule has 0 radical (unpaired) electrons. The van der Waals surface area contributed by atoms with E-state index in [0.29, 0.717) is 0 Å². The summed E-state index contributed by atoms with van der Waals surface area (Å²) < 4.78 is 0. The lowest BCUT2D eigenvalue weighted by Gasteiger charge is -1.96. The average Bonchev–Trinajstić information content (AvgIpc) is 2.40. The van der Waals surface area contributed by atoms with Gasteiger partial charge in [0.2, 0.25) is 0 Å². The lowest BCUT2D eigenvalue weighted by atomic mass is 10.4. The molecule has 0 heterocycles. The Balaban J connectivity index is -0.0000000727. The quantitative estimate of drug-likeness (QED) is 0.345. The van der Waals surface area contributed by atoms with Gasteiger partial charge in [0.1, 0.15) is 12.2 Å². The molecule has 0 fully saturated rings. The van der Waals surface area contributed by atoms with E-state index in [4.69, 9.17) is 30.6 Å². The Morgan fingerprint density at radius 3 is 0.941 bits per heavy atom. The van der Waals surface area contributed by atoms with Gasteiger partial charge in [-0.25, -0.2) is 0 Å². The van der Waals surface area contributed by atoms with Crippen molar-refractivity contribution in [3.8, 4) is 0 Å². The summed E-state index contributed by atoms with van der Waals surface area (Å²) in [6.45, 7) is 9.79. The van der Waals surface area contributed by atoms with Crippen molar-refractivity contribution in [2.75, 3.05) is 26.4 Å². The van der Waals surface area contributed by atoms with E-state index in [2.05, 4.69) is 19.7 Å². The van der Waals surface area contributed by atoms with Crippen LogP contribution in [0.1, 0.15) is 6.92 Å². The first-order valence-electron chi connectivity index (χ1n) is 4.90. The van der Waals surface area contributed by atoms with Crippen molar-refractivity contribution in [1.82, 2.24) is 0 Å². The van der Waals surface area contributed by atoms with Crippen LogP contribution < -0.4 is 0 Å². The molecule has 0 bridgehead atoms. The molecule has 0 aromatic carbocycles. The van der Waals surface area contributed by atoms with Gasteiger partial charge in [-0.15, -0.1) is 19.7 Å². The third-order valence-electron chi connectivity index (χ3n) is 0.843. The Morgan fingerprint density at radius 2 is 0.941 bits per heavy atom. The lowest BCUT2D eigenvalue weighted by molar-refractivity contribution is 0.0450. The number of hydrogen-bond donors (Lipinski definition) is 6. The van der Waals surface area contributed by atoms with E-state index in [1.54, 1.807) is 6.08 Å². The summed E-state index contributed by atoms with van der Waals surface area (Å²) in [5, 5.41) is 48.0. The third-order valence-corrected chi connectivity index (χ3v) is 0.843. The van der Waals surface area contributed by atoms with E-state index in [9.17, 15) is 0 Å². The van der Waals surface area contributed by atoms with E-state index in [1.165, 1.54) is 0 Å². The van der Waals surface area contributed by atoms with Crippen molar-refractivity contribution in [3.63, 3.8) is 0 Å². The second-order valence-electron chi connectivity index (χ2n) is 2.45. The predicted octanol–water partition coefficient (Wildman–Crippen LogP) is -1.34. The van der Waals surface area contributed by atoms with Gasteiger partial charge >= 0.3 is 0 Å². The zero-order chi connectivity index (χ0) is 14.7. The first-order chi connectivity index (χ1) is 8.03. The van der Waals surface area contributed by atoms with Crippen LogP contribution in [-0.2, 0) is 0 Å². The van der Waals surface area contributed by atoms with Crippen molar-refractivity contribution < 1.29 is 30.6 Å². The second-order valence-corrected chi connectivity index (χ2v) is 2.45. The molecule has 0 unspecified atom stereocenters. The molecule has 6 N–H and O–H groups in total. The Kier molecular flexibility index (Phi) is 43.6. The molecule has 6 nitrogen and oxygen atoms in total. The summed E-state index contributed by atoms with van der Waals surface area (Å²) in [6.07, 6.45) is -0.157. The molecular weight excluding hydrogens is 228 g/mol. The van der Waals surface area contributed by atoms with Crippen LogP contribution in [0.4, 0.5) is 0 Å². The van der Waals surface area contributed by atoms with Gasteiger partial charge in [-0.3, -0.25) is 0 Å². The van der Waals surface area contributed by atoms with E-state index in [-0.39, 0.29) is 26.4 Å². The van der Waals surface area contributed by atoms with Crippen LogP contribution in [0.25, 0.3) is 0 Å². The normalized spacial score (nSPS) is 8.06. The highest BCUT2D eigenvalue weighted by molar-refractivity contribution is 4.51. The van der Waals surface area contributed by atoms with Crippen LogP contribution in [0.5, 0.6) is 0 Å². The molecule has 0 aliphatic heterocycles. The molecule has 0 saturated heterocycles. The maximum Gasteiger partial charge on any atom is 0.100 e. The maximum atomic E-state index is 8.17. The standard InChI is InChI=1S/2C3H8O3.C3H6.C2H4/c2*4-1-3(6)2-5;1-3-2;1-2/h2*3-6H,1-2H2;3H,1H2,2H3;1-2H2. The van der Waals surface area contributed by atoms with Gasteiger partial charge in [-0.05, 0) is 6.92 Å². The van der Waals surface area contributed by atoms with Gasteiger partial charge in [0, 0.05) is 0 Å². The highest BCUT2D eigenvalue weighted by Gasteiger charge is 1.94. The van der Waals surface area contributed by atoms with Crippen LogP contribution in [0.3, 0.4) is 0 Å². The molecule has 0 aromatic heterocycles. The van der Waals surface area contributed by atoms with Crippen molar-refractivity contribution in [1.29, 1.82) is 0 Å². The van der Waals surface area contributed by atoms with Crippen LogP contribution >= 0.6 is 0 Å². The van der Waals surface area contributed by atoms with E-state index < -0.39 is 12.2 Å². The topological polar surface area (TPSA) is 121 Å². The highest BCUT2D eigenvalue weighted by Crippen LogP contribution is 1.72. The van der Waals surface area contributed by atoms with E-state index >= 15 is 0 Å². The molecule has 0 aromatic rings. The van der Waals surface area contributed by atoms with Gasteiger partial charge in [0.15, 0.2) is 0 Å². The van der Waals surface area contributed by atoms with Crippen LogP contribution in [0.15, 0.2) is 25.8 Å². The Labute approximate surface area is 103 Å². The molecule has 17 heavy (non-hydrogen) atoms. The second kappa shape index (κ2) is 29.5. The molecule has 0 spiro atoms. The van der Waals surface area contributed by atoms with E-state index in [0.717, 1.165) is 0 Å². The minimum Gasteiger partial charge on any atom is -0.394 e. The van der Waals surface area contributed by atoms with Gasteiger partial charge in [0.25, 0.3) is 0 Å². The molecule has 0 amide bonds. The molecule has 6 heteroatoms. The van der Waals surface area contributed by atoms with Crippen molar-refractivity contribution in [3.05, 3.63) is 25.8 Å². The molecule has 106 valence electrons. The Hall–Kier alpha value is -0.760. The van der Waals surface area contributed by atoms with Gasteiger partial charge in [-0.2, -0.15) is 0 Å². The molecule has 0 aliphatic carbocycles. The number of aliphatic hydroxyl groups is 6. The predicted molar refractivity (Wildman–Crippen MR) is 67.5 cm³/mol. The zero-order valence-corrected chi connectivity index (χ0v) is 10.4. The molecule has 0 atom stereocenters. The van der Waals surface area contributed by atoms with Crippen LogP contribution in [-0.4, -0.2) is 69.3 Å². The van der Waals surface area contributed by atoms with E-state index in [1.807, 2.05) is 6.92 Å². The number of allylic oxidation sites excluding steroid dienone is 1. The van der Waals surface area contributed by atoms with Crippen molar-refractivity contribution in [2.24, 2.45) is 0 Å². The summed E-state index contributed by atoms with van der Waals surface area (Å²) >= 11 is 0. The smallest absolute Gasteiger partial charge is 0.100 e. The SMILES string of the molecule is C=C.C=CC.OCC(O)CO.OCC(O)CO. The van der Waals surface area contributed by atoms with Gasteiger partial charge in [0.05, 0.1) is 26.4 Å². The summed E-state index contributed by atoms with van der Waals surface area (Å²) in [5.41, 5.74) is 0. The monoisotopic (exact) mass is 254 g/mol. The first kappa shape index (κ1) is 25.2. The van der Waals surface area contributed by atoms with Crippen LogP contribution in [0, 0.1) is 0 Å². The number of rotatable bonds is 4. The minimum absolute atomic E-state index is 0.365. The minimum atomic E-state index is -0.954. The van der Waals surface area contributed by atoms with Crippen molar-refractivity contribution in [2.45, 2.75) is 19.1 Å². The summed E-state index contributed by atoms with van der Waals surface area (Å²) in [5.74, 6) is 0. The van der Waals surface area contributed by atoms with Gasteiger partial charge in [-0.1, -0.05) is 6.08 Å². The lowest BCUT2D eigenvalue weighted by Crippen LogP contribution is -2.15. The fourth-order valence-corrected chi connectivity index (χ4v) is 0.115. The summed E-state index contributed by atoms with van der Waals surface area (Å²) in [4.78, 5) is 0. The largest absolute Gasteiger partial charge is 0.394 e. The summed E-state index contributed by atoms with van der Waals surface area (Å²) in [7, 11) is 0. The summed E-state index contributed by atoms with van der Waals surface area (Å²) in [6, 6.07) is 0. The maximum absolute atomic E-state index is 8.17. The third kappa shape index (κ3) is 51.0. The van der Waals surface area contributed by atoms with Gasteiger partial charge < -0.3 is 30.6 Å². The average molecular weight is 254 g/mol. The fraction of sp³-hybridized carbons (Fsp3) is 0.636. The Bertz CT molecular complexity index is 103. The molecule has 0 rings (SSSR count). The highest BCUT2D eigenvalue weighted by atomic mass is 16.3. The fourth-order valence-electron chi connectivity index (χ4n) is 0.115. The van der Waals surface area contributed by atoms with Crippen LogP contribution in [0.2, 0.25) is 0 Å². The molecule has 0 aliphatic rings.